The van der Waals surface area contributed by atoms with Crippen molar-refractivity contribution in [3.63, 3.8) is 0 Å². The Bertz CT molecular complexity index is 1540. The summed E-state index contributed by atoms with van der Waals surface area (Å²) in [5.41, 5.74) is -2.05. The summed E-state index contributed by atoms with van der Waals surface area (Å²) in [5, 5.41) is 3.15. The van der Waals surface area contributed by atoms with E-state index in [1.807, 2.05) is 12.1 Å². The lowest BCUT2D eigenvalue weighted by Crippen LogP contribution is -2.43. The third-order valence-corrected chi connectivity index (χ3v) is 8.71. The number of alkyl halides is 3. The molecular formula is C31H31F5N4O3S. The molecule has 1 N–H and O–H groups in total. The van der Waals surface area contributed by atoms with Crippen molar-refractivity contribution in [3.05, 3.63) is 83.4 Å². The molecule has 0 saturated carbocycles. The first kappa shape index (κ1) is 31.6. The van der Waals surface area contributed by atoms with Gasteiger partial charge in [0.2, 0.25) is 0 Å². The Morgan fingerprint density at radius 1 is 0.977 bits per heavy atom. The normalized spacial score (nSPS) is 17.8. The summed E-state index contributed by atoms with van der Waals surface area (Å²) < 4.78 is 76.7. The van der Waals surface area contributed by atoms with Gasteiger partial charge >= 0.3 is 12.2 Å². The molecule has 2 saturated heterocycles. The van der Waals surface area contributed by atoms with Crippen LogP contribution in [0.5, 0.6) is 5.75 Å². The number of amides is 3. The van der Waals surface area contributed by atoms with Crippen LogP contribution in [0.15, 0.2) is 60.7 Å². The molecule has 2 fully saturated rings. The maximum Gasteiger partial charge on any atom is 0.419 e. The zero-order valence-corrected chi connectivity index (χ0v) is 25.1. The molecule has 0 aromatic heterocycles. The zero-order chi connectivity index (χ0) is 31.8. The Kier molecular flexibility index (Phi) is 8.81. The van der Waals surface area contributed by atoms with Crippen LogP contribution in [-0.4, -0.2) is 52.1 Å². The van der Waals surface area contributed by atoms with Gasteiger partial charge in [-0.05, 0) is 93.1 Å². The number of hydrogen-bond donors (Lipinski definition) is 1. The molecule has 0 unspecified atom stereocenters. The number of imide groups is 1. The average molecular weight is 635 g/mol. The lowest BCUT2D eigenvalue weighted by atomic mass is 10.0. The maximum atomic E-state index is 14.4. The number of rotatable bonds is 8. The Balaban J connectivity index is 1.34. The minimum Gasteiger partial charge on any atom is -0.490 e. The molecule has 0 spiro atoms. The lowest BCUT2D eigenvalue weighted by molar-refractivity contribution is -0.140. The molecule has 3 aromatic rings. The van der Waals surface area contributed by atoms with E-state index < -0.39 is 46.5 Å². The third kappa shape index (κ3) is 6.48. The highest BCUT2D eigenvalue weighted by Gasteiger charge is 2.52. The first-order chi connectivity index (χ1) is 20.8. The van der Waals surface area contributed by atoms with E-state index >= 15 is 0 Å². The molecule has 7 nitrogen and oxygen atoms in total. The van der Waals surface area contributed by atoms with Crippen LogP contribution in [0, 0.1) is 11.6 Å². The first-order valence-electron chi connectivity index (χ1n) is 13.9. The smallest absolute Gasteiger partial charge is 0.419 e. The van der Waals surface area contributed by atoms with E-state index in [0.717, 1.165) is 32.0 Å². The standard InChI is InChI=1S/C31H31F5N4O3S/c1-30(2)28(41)40(22-8-11-26(33)25(17-22)31(34,35)36)29(42)39(30)18-19-4-5-20(32)16-27(19)37-21-6-9-23(10-7-21)43-24-12-14-38(44-3)15-13-24/h4-11,16-17,24,37H,12-15,18H2,1-3H3. The quantitative estimate of drug-likeness (QED) is 0.157. The van der Waals surface area contributed by atoms with Crippen molar-refractivity contribution in [2.75, 3.05) is 29.6 Å². The molecule has 0 aliphatic carbocycles. The molecule has 3 aromatic carbocycles. The fourth-order valence-corrected chi connectivity index (χ4v) is 5.84. The van der Waals surface area contributed by atoms with Gasteiger partial charge in [0.05, 0.1) is 17.8 Å². The van der Waals surface area contributed by atoms with Gasteiger partial charge < -0.3 is 15.0 Å². The SMILES string of the molecule is CSN1CCC(Oc2ccc(Nc3cc(F)ccc3CN3C(=O)N(c4ccc(F)c(C(F)(F)F)c4)C(=O)C3(C)C)cc2)CC1. The van der Waals surface area contributed by atoms with E-state index in [1.54, 1.807) is 24.1 Å². The number of nitrogens with zero attached hydrogens (tertiary/aromatic N) is 3. The van der Waals surface area contributed by atoms with Crippen LogP contribution >= 0.6 is 11.9 Å². The van der Waals surface area contributed by atoms with Gasteiger partial charge in [-0.1, -0.05) is 18.0 Å². The second-order valence-electron chi connectivity index (χ2n) is 11.1. The monoisotopic (exact) mass is 634 g/mol. The fourth-order valence-electron chi connectivity index (χ4n) is 5.27. The van der Waals surface area contributed by atoms with E-state index in [4.69, 9.17) is 4.74 Å². The number of urea groups is 1. The highest BCUT2D eigenvalue weighted by Crippen LogP contribution is 2.38. The number of anilines is 3. The van der Waals surface area contributed by atoms with E-state index in [2.05, 4.69) is 15.9 Å². The van der Waals surface area contributed by atoms with Gasteiger partial charge in [0, 0.05) is 24.5 Å². The molecule has 44 heavy (non-hydrogen) atoms. The Morgan fingerprint density at radius 3 is 2.30 bits per heavy atom. The largest absolute Gasteiger partial charge is 0.490 e. The molecule has 0 radical (unpaired) electrons. The predicted molar refractivity (Wildman–Crippen MR) is 159 cm³/mol. The minimum atomic E-state index is -5.02. The van der Waals surface area contributed by atoms with Crippen LogP contribution in [0.1, 0.15) is 37.8 Å². The summed E-state index contributed by atoms with van der Waals surface area (Å²) in [6.45, 7) is 4.65. The summed E-state index contributed by atoms with van der Waals surface area (Å²) in [6.07, 6.45) is -1.01. The molecule has 3 amide bonds. The highest BCUT2D eigenvalue weighted by atomic mass is 32.2. The van der Waals surface area contributed by atoms with Crippen molar-refractivity contribution in [3.8, 4) is 5.75 Å². The van der Waals surface area contributed by atoms with Crippen molar-refractivity contribution >= 4 is 40.9 Å². The molecule has 13 heteroatoms. The maximum absolute atomic E-state index is 14.4. The van der Waals surface area contributed by atoms with Crippen LogP contribution in [0.4, 0.5) is 43.8 Å². The third-order valence-electron chi connectivity index (χ3n) is 7.83. The van der Waals surface area contributed by atoms with Crippen molar-refractivity contribution in [2.24, 2.45) is 0 Å². The fraction of sp³-hybridized carbons (Fsp3) is 0.355. The van der Waals surface area contributed by atoms with Crippen LogP contribution in [0.3, 0.4) is 0 Å². The number of carbonyl (C=O) groups excluding carboxylic acids is 2. The van der Waals surface area contributed by atoms with E-state index in [9.17, 15) is 31.5 Å². The Labute approximate surface area is 256 Å². The van der Waals surface area contributed by atoms with Gasteiger partial charge in [-0.3, -0.25) is 9.10 Å². The average Bonchev–Trinajstić information content (AvgIpc) is 3.14. The summed E-state index contributed by atoms with van der Waals surface area (Å²) in [7, 11) is 0. The molecule has 0 bridgehead atoms. The number of carbonyl (C=O) groups is 2. The van der Waals surface area contributed by atoms with Crippen molar-refractivity contribution in [2.45, 2.75) is 51.1 Å². The summed E-state index contributed by atoms with van der Waals surface area (Å²) in [6, 6.07) is 12.2. The summed E-state index contributed by atoms with van der Waals surface area (Å²) in [4.78, 5) is 28.6. The highest BCUT2D eigenvalue weighted by molar-refractivity contribution is 7.96. The molecule has 2 aliphatic rings. The molecule has 2 heterocycles. The molecular weight excluding hydrogens is 603 g/mol. The van der Waals surface area contributed by atoms with Gasteiger partial charge in [0.25, 0.3) is 5.91 Å². The number of ether oxygens (including phenoxy) is 1. The zero-order valence-electron chi connectivity index (χ0n) is 24.3. The van der Waals surface area contributed by atoms with Gasteiger partial charge in [-0.25, -0.2) is 18.5 Å². The second kappa shape index (κ2) is 12.3. The van der Waals surface area contributed by atoms with E-state index in [1.165, 1.54) is 36.9 Å². The molecule has 5 rings (SSSR count). The molecule has 234 valence electrons. The van der Waals surface area contributed by atoms with Gasteiger partial charge in [0.15, 0.2) is 0 Å². The summed E-state index contributed by atoms with van der Waals surface area (Å²) >= 11 is 1.72. The molecule has 0 atom stereocenters. The number of hydrogen-bond acceptors (Lipinski definition) is 6. The van der Waals surface area contributed by atoms with Crippen LogP contribution in [-0.2, 0) is 17.5 Å². The number of benzene rings is 3. The second-order valence-corrected chi connectivity index (χ2v) is 12.0. The van der Waals surface area contributed by atoms with E-state index in [-0.39, 0.29) is 12.6 Å². The van der Waals surface area contributed by atoms with Crippen LogP contribution < -0.4 is 15.0 Å². The Hall–Kier alpha value is -3.84. The topological polar surface area (TPSA) is 65.1 Å². The van der Waals surface area contributed by atoms with E-state index in [0.29, 0.717) is 39.7 Å². The first-order valence-corrected chi connectivity index (χ1v) is 15.1. The van der Waals surface area contributed by atoms with Crippen LogP contribution in [0.25, 0.3) is 0 Å². The van der Waals surface area contributed by atoms with Crippen molar-refractivity contribution < 1.29 is 36.3 Å². The van der Waals surface area contributed by atoms with Gasteiger partial charge in [0.1, 0.15) is 29.0 Å². The van der Waals surface area contributed by atoms with Crippen LogP contribution in [0.2, 0.25) is 0 Å². The predicted octanol–water partition coefficient (Wildman–Crippen LogP) is 7.60. The van der Waals surface area contributed by atoms with Crippen molar-refractivity contribution in [1.29, 1.82) is 0 Å². The minimum absolute atomic E-state index is 0.116. The Morgan fingerprint density at radius 2 is 1.66 bits per heavy atom. The number of piperidine rings is 1. The number of halogens is 5. The van der Waals surface area contributed by atoms with Gasteiger partial charge in [-0.2, -0.15) is 13.2 Å². The number of nitrogens with one attached hydrogen (secondary N) is 1. The van der Waals surface area contributed by atoms with Crippen molar-refractivity contribution in [1.82, 2.24) is 9.21 Å². The summed E-state index contributed by atoms with van der Waals surface area (Å²) in [5.74, 6) is -2.14. The lowest BCUT2D eigenvalue weighted by Gasteiger charge is -2.30. The van der Waals surface area contributed by atoms with Gasteiger partial charge in [-0.15, -0.1) is 0 Å². The molecule has 2 aliphatic heterocycles.